The first kappa shape index (κ1) is 13.5. The average Bonchev–Trinajstić information content (AvgIpc) is 3.13. The minimum absolute atomic E-state index is 0.00667. The summed E-state index contributed by atoms with van der Waals surface area (Å²) in [5.74, 6) is 0.735. The molecule has 0 aromatic carbocycles. The Bertz CT molecular complexity index is 638. The molecule has 1 amide bonds. The van der Waals surface area contributed by atoms with Crippen molar-refractivity contribution >= 4 is 29.5 Å². The lowest BCUT2D eigenvalue weighted by molar-refractivity contribution is -0.122. The van der Waals surface area contributed by atoms with Gasteiger partial charge in [-0.05, 0) is 36.5 Å². The molecule has 5 nitrogen and oxygen atoms in total. The molecule has 2 N–H and O–H groups in total. The molecular weight excluding hydrogens is 292 g/mol. The lowest BCUT2D eigenvalue weighted by atomic mass is 10.2. The van der Waals surface area contributed by atoms with E-state index in [-0.39, 0.29) is 12.5 Å². The molecule has 7 heteroatoms. The Morgan fingerprint density at radius 2 is 2.35 bits per heavy atom. The summed E-state index contributed by atoms with van der Waals surface area (Å²) < 4.78 is 2.24. The minimum atomic E-state index is 0.00667. The third-order valence-electron chi connectivity index (χ3n) is 3.52. The highest BCUT2D eigenvalue weighted by Gasteiger charge is 2.19. The van der Waals surface area contributed by atoms with Crippen LogP contribution in [0.25, 0.3) is 10.7 Å². The van der Waals surface area contributed by atoms with Crippen LogP contribution in [0.4, 0.5) is 0 Å². The van der Waals surface area contributed by atoms with E-state index in [1.54, 1.807) is 15.9 Å². The van der Waals surface area contributed by atoms with Gasteiger partial charge >= 0.3 is 0 Å². The predicted molar refractivity (Wildman–Crippen MR) is 81.1 cm³/mol. The number of aromatic nitrogens is 3. The number of hydrogen-bond donors (Lipinski definition) is 2. The van der Waals surface area contributed by atoms with Crippen molar-refractivity contribution in [3.05, 3.63) is 22.3 Å². The van der Waals surface area contributed by atoms with E-state index >= 15 is 0 Å². The summed E-state index contributed by atoms with van der Waals surface area (Å²) in [6.07, 6.45) is 4.58. The van der Waals surface area contributed by atoms with Crippen molar-refractivity contribution in [2.75, 3.05) is 0 Å². The molecular formula is C13H16N4OS2. The van der Waals surface area contributed by atoms with Gasteiger partial charge in [-0.2, -0.15) is 5.10 Å². The molecule has 106 valence electrons. The lowest BCUT2D eigenvalue weighted by Gasteiger charge is -2.12. The molecule has 0 aliphatic heterocycles. The topological polar surface area (TPSA) is 62.7 Å². The number of hydrogen-bond acceptors (Lipinski definition) is 4. The molecule has 1 saturated carbocycles. The second-order valence-electron chi connectivity index (χ2n) is 4.96. The second-order valence-corrected chi connectivity index (χ2v) is 6.30. The van der Waals surface area contributed by atoms with E-state index in [0.717, 1.165) is 23.5 Å². The molecule has 1 aliphatic rings. The van der Waals surface area contributed by atoms with E-state index in [1.165, 1.54) is 12.8 Å². The van der Waals surface area contributed by atoms with E-state index in [2.05, 4.69) is 15.5 Å². The SMILES string of the molecule is O=C(Cn1c(-c2cccs2)n[nH]c1=S)NC1CCCC1. The van der Waals surface area contributed by atoms with E-state index in [0.29, 0.717) is 10.8 Å². The zero-order chi connectivity index (χ0) is 13.9. The van der Waals surface area contributed by atoms with Crippen LogP contribution in [-0.2, 0) is 11.3 Å². The highest BCUT2D eigenvalue weighted by Crippen LogP contribution is 2.23. The van der Waals surface area contributed by atoms with Crippen LogP contribution in [0.2, 0.25) is 0 Å². The number of nitrogens with zero attached hydrogens (tertiary/aromatic N) is 2. The molecule has 0 atom stereocenters. The minimum Gasteiger partial charge on any atom is -0.352 e. The van der Waals surface area contributed by atoms with Crippen molar-refractivity contribution in [1.29, 1.82) is 0 Å². The summed E-state index contributed by atoms with van der Waals surface area (Å²) in [7, 11) is 0. The van der Waals surface area contributed by atoms with Crippen LogP contribution in [0.3, 0.4) is 0 Å². The lowest BCUT2D eigenvalue weighted by Crippen LogP contribution is -2.35. The highest BCUT2D eigenvalue weighted by molar-refractivity contribution is 7.71. The third kappa shape index (κ3) is 2.83. The second kappa shape index (κ2) is 5.88. The van der Waals surface area contributed by atoms with Gasteiger partial charge in [0, 0.05) is 6.04 Å². The predicted octanol–water partition coefficient (Wildman–Crippen LogP) is 2.73. The molecule has 2 aromatic rings. The monoisotopic (exact) mass is 308 g/mol. The molecule has 0 radical (unpaired) electrons. The molecule has 0 bridgehead atoms. The number of carbonyl (C=O) groups is 1. The Kier molecular flexibility index (Phi) is 3.98. The molecule has 2 heterocycles. The van der Waals surface area contributed by atoms with Crippen LogP contribution in [-0.4, -0.2) is 26.7 Å². The van der Waals surface area contributed by atoms with E-state index < -0.39 is 0 Å². The number of carbonyl (C=O) groups excluding carboxylic acids is 1. The first-order valence-corrected chi connectivity index (χ1v) is 8.01. The van der Waals surface area contributed by atoms with Gasteiger partial charge in [-0.15, -0.1) is 11.3 Å². The van der Waals surface area contributed by atoms with E-state index in [4.69, 9.17) is 12.2 Å². The van der Waals surface area contributed by atoms with Crippen LogP contribution in [0.5, 0.6) is 0 Å². The molecule has 3 rings (SSSR count). The Morgan fingerprint density at radius 1 is 1.55 bits per heavy atom. The number of aromatic amines is 1. The number of amides is 1. The maximum atomic E-state index is 12.1. The number of thiophene rings is 1. The van der Waals surface area contributed by atoms with Crippen LogP contribution >= 0.6 is 23.6 Å². The van der Waals surface area contributed by atoms with Gasteiger partial charge in [0.25, 0.3) is 0 Å². The van der Waals surface area contributed by atoms with E-state index in [1.807, 2.05) is 17.5 Å². The molecule has 0 spiro atoms. The normalized spacial score (nSPS) is 15.6. The summed E-state index contributed by atoms with van der Waals surface area (Å²) in [5, 5.41) is 12.0. The van der Waals surface area contributed by atoms with Crippen molar-refractivity contribution < 1.29 is 4.79 Å². The van der Waals surface area contributed by atoms with Gasteiger partial charge in [0.05, 0.1) is 4.88 Å². The Hall–Kier alpha value is -1.47. The van der Waals surface area contributed by atoms with Crippen LogP contribution in [0.15, 0.2) is 17.5 Å². The summed E-state index contributed by atoms with van der Waals surface area (Å²) in [6.45, 7) is 0.221. The average molecular weight is 308 g/mol. The quantitative estimate of drug-likeness (QED) is 0.854. The fraction of sp³-hybridized carbons (Fsp3) is 0.462. The summed E-state index contributed by atoms with van der Waals surface area (Å²) in [6, 6.07) is 4.26. The maximum Gasteiger partial charge on any atom is 0.240 e. The van der Waals surface area contributed by atoms with Crippen molar-refractivity contribution in [2.24, 2.45) is 0 Å². The fourth-order valence-corrected chi connectivity index (χ4v) is 3.46. The number of H-pyrrole nitrogens is 1. The van der Waals surface area contributed by atoms with Crippen molar-refractivity contribution in [1.82, 2.24) is 20.1 Å². The van der Waals surface area contributed by atoms with Gasteiger partial charge in [0.2, 0.25) is 5.91 Å². The number of nitrogens with one attached hydrogen (secondary N) is 2. The number of rotatable bonds is 4. The summed E-state index contributed by atoms with van der Waals surface area (Å²) in [5.41, 5.74) is 0. The van der Waals surface area contributed by atoms with Crippen molar-refractivity contribution in [2.45, 2.75) is 38.3 Å². The Labute approximate surface area is 126 Å². The molecule has 2 aromatic heterocycles. The zero-order valence-electron chi connectivity index (χ0n) is 11.0. The first-order chi connectivity index (χ1) is 9.74. The van der Waals surface area contributed by atoms with Gasteiger partial charge < -0.3 is 5.32 Å². The standard InChI is InChI=1S/C13H16N4OS2/c18-11(14-9-4-1-2-5-9)8-17-12(15-16-13(17)19)10-6-3-7-20-10/h3,6-7,9H,1-2,4-5,8H2,(H,14,18)(H,16,19). The highest BCUT2D eigenvalue weighted by atomic mass is 32.1. The third-order valence-corrected chi connectivity index (χ3v) is 4.70. The largest absolute Gasteiger partial charge is 0.352 e. The van der Waals surface area contributed by atoms with Gasteiger partial charge in [0.15, 0.2) is 10.6 Å². The Morgan fingerprint density at radius 3 is 3.05 bits per heavy atom. The smallest absolute Gasteiger partial charge is 0.240 e. The molecule has 1 fully saturated rings. The molecule has 0 unspecified atom stereocenters. The summed E-state index contributed by atoms with van der Waals surface area (Å²) >= 11 is 6.80. The van der Waals surface area contributed by atoms with Gasteiger partial charge in [-0.3, -0.25) is 14.5 Å². The van der Waals surface area contributed by atoms with Gasteiger partial charge in [0.1, 0.15) is 6.54 Å². The van der Waals surface area contributed by atoms with Gasteiger partial charge in [-0.25, -0.2) is 0 Å². The van der Waals surface area contributed by atoms with Crippen LogP contribution < -0.4 is 5.32 Å². The fourth-order valence-electron chi connectivity index (χ4n) is 2.55. The maximum absolute atomic E-state index is 12.1. The van der Waals surface area contributed by atoms with Gasteiger partial charge in [-0.1, -0.05) is 18.9 Å². The molecule has 20 heavy (non-hydrogen) atoms. The first-order valence-electron chi connectivity index (χ1n) is 6.72. The molecule has 1 aliphatic carbocycles. The Balaban J connectivity index is 1.75. The van der Waals surface area contributed by atoms with Crippen molar-refractivity contribution in [3.8, 4) is 10.7 Å². The van der Waals surface area contributed by atoms with Crippen LogP contribution in [0.1, 0.15) is 25.7 Å². The molecule has 0 saturated heterocycles. The van der Waals surface area contributed by atoms with Crippen LogP contribution in [0, 0.1) is 4.77 Å². The van der Waals surface area contributed by atoms with Crippen molar-refractivity contribution in [3.63, 3.8) is 0 Å². The van der Waals surface area contributed by atoms with E-state index in [9.17, 15) is 4.79 Å². The summed E-state index contributed by atoms with van der Waals surface area (Å²) in [4.78, 5) is 13.1. The zero-order valence-corrected chi connectivity index (χ0v) is 12.6.